The number of hydrogen-bond donors (Lipinski definition) is 2. The SMILES string of the molecule is CCC(C)[C@@H](N)c1cccc(Cl)c1O. The van der Waals surface area contributed by atoms with Crippen molar-refractivity contribution in [2.45, 2.75) is 26.3 Å². The van der Waals surface area contributed by atoms with Crippen molar-refractivity contribution in [1.29, 1.82) is 0 Å². The fourth-order valence-corrected chi connectivity index (χ4v) is 1.54. The van der Waals surface area contributed by atoms with Crippen LogP contribution in [-0.2, 0) is 0 Å². The molecule has 3 N–H and O–H groups in total. The predicted octanol–water partition coefficient (Wildman–Crippen LogP) is 3.09. The summed E-state index contributed by atoms with van der Waals surface area (Å²) in [6.07, 6.45) is 0.979. The van der Waals surface area contributed by atoms with E-state index in [4.69, 9.17) is 17.3 Å². The molecule has 1 aromatic rings. The third-order valence-electron chi connectivity index (χ3n) is 2.63. The van der Waals surface area contributed by atoms with E-state index in [-0.39, 0.29) is 11.8 Å². The molecule has 78 valence electrons. The Morgan fingerprint density at radius 3 is 2.71 bits per heavy atom. The van der Waals surface area contributed by atoms with Crippen molar-refractivity contribution in [3.05, 3.63) is 28.8 Å². The molecule has 1 aromatic carbocycles. The first-order valence-corrected chi connectivity index (χ1v) is 5.18. The number of hydrogen-bond acceptors (Lipinski definition) is 2. The number of nitrogens with two attached hydrogens (primary N) is 1. The summed E-state index contributed by atoms with van der Waals surface area (Å²) in [5, 5.41) is 10.1. The van der Waals surface area contributed by atoms with E-state index in [0.717, 1.165) is 12.0 Å². The molecule has 2 nitrogen and oxygen atoms in total. The smallest absolute Gasteiger partial charge is 0.138 e. The minimum atomic E-state index is -0.154. The van der Waals surface area contributed by atoms with Crippen molar-refractivity contribution in [2.75, 3.05) is 0 Å². The fraction of sp³-hybridized carbons (Fsp3) is 0.455. The molecule has 1 rings (SSSR count). The van der Waals surface area contributed by atoms with Gasteiger partial charge in [-0.05, 0) is 12.0 Å². The van der Waals surface area contributed by atoms with Gasteiger partial charge in [-0.25, -0.2) is 0 Å². The second-order valence-corrected chi connectivity index (χ2v) is 4.00. The summed E-state index contributed by atoms with van der Waals surface area (Å²) in [6.45, 7) is 4.14. The molecule has 0 aliphatic rings. The van der Waals surface area contributed by atoms with Gasteiger partial charge in [0.1, 0.15) is 5.75 Å². The van der Waals surface area contributed by atoms with E-state index in [1.54, 1.807) is 12.1 Å². The third-order valence-corrected chi connectivity index (χ3v) is 2.94. The molecule has 1 unspecified atom stereocenters. The molecule has 0 spiro atoms. The van der Waals surface area contributed by atoms with E-state index in [1.807, 2.05) is 6.07 Å². The quantitative estimate of drug-likeness (QED) is 0.811. The molecule has 14 heavy (non-hydrogen) atoms. The molecule has 3 heteroatoms. The zero-order chi connectivity index (χ0) is 10.7. The Kier molecular flexibility index (Phi) is 3.78. The minimum absolute atomic E-state index is 0.113. The van der Waals surface area contributed by atoms with E-state index in [9.17, 15) is 5.11 Å². The molecule has 0 heterocycles. The van der Waals surface area contributed by atoms with Gasteiger partial charge in [0.25, 0.3) is 0 Å². The molecule has 0 aliphatic carbocycles. The Balaban J connectivity index is 3.01. The van der Waals surface area contributed by atoms with Gasteiger partial charge in [-0.2, -0.15) is 0 Å². The van der Waals surface area contributed by atoms with E-state index in [1.165, 1.54) is 0 Å². The number of halogens is 1. The Labute approximate surface area is 89.7 Å². The minimum Gasteiger partial charge on any atom is -0.506 e. The van der Waals surface area contributed by atoms with Crippen molar-refractivity contribution in [3.8, 4) is 5.75 Å². The van der Waals surface area contributed by atoms with E-state index in [2.05, 4.69) is 13.8 Å². The van der Waals surface area contributed by atoms with Crippen LogP contribution in [0, 0.1) is 5.92 Å². The average molecular weight is 214 g/mol. The first kappa shape index (κ1) is 11.3. The van der Waals surface area contributed by atoms with Crippen molar-refractivity contribution < 1.29 is 5.11 Å². The van der Waals surface area contributed by atoms with Crippen molar-refractivity contribution in [1.82, 2.24) is 0 Å². The summed E-state index contributed by atoms with van der Waals surface area (Å²) >= 11 is 5.80. The number of benzene rings is 1. The molecule has 2 atom stereocenters. The fourth-order valence-electron chi connectivity index (χ4n) is 1.36. The number of phenols is 1. The van der Waals surface area contributed by atoms with Crippen LogP contribution in [0.4, 0.5) is 0 Å². The number of para-hydroxylation sites is 1. The predicted molar refractivity (Wildman–Crippen MR) is 59.5 cm³/mol. The average Bonchev–Trinajstić information content (AvgIpc) is 2.20. The van der Waals surface area contributed by atoms with Crippen molar-refractivity contribution in [2.24, 2.45) is 11.7 Å². The lowest BCUT2D eigenvalue weighted by Crippen LogP contribution is -2.18. The summed E-state index contributed by atoms with van der Waals surface area (Å²) in [5.41, 5.74) is 6.73. The molecule has 0 bridgehead atoms. The van der Waals surface area contributed by atoms with Crippen LogP contribution in [0.2, 0.25) is 5.02 Å². The highest BCUT2D eigenvalue weighted by molar-refractivity contribution is 6.32. The summed E-state index contributed by atoms with van der Waals surface area (Å²) in [5.74, 6) is 0.446. The van der Waals surface area contributed by atoms with Crippen LogP contribution < -0.4 is 5.73 Å². The zero-order valence-electron chi connectivity index (χ0n) is 8.50. The van der Waals surface area contributed by atoms with Gasteiger partial charge in [-0.15, -0.1) is 0 Å². The molecule has 0 saturated carbocycles. The maximum Gasteiger partial charge on any atom is 0.138 e. The summed E-state index contributed by atoms with van der Waals surface area (Å²) in [7, 11) is 0. The molecular weight excluding hydrogens is 198 g/mol. The molecular formula is C11H16ClNO. The van der Waals surface area contributed by atoms with Gasteiger partial charge >= 0.3 is 0 Å². The lowest BCUT2D eigenvalue weighted by molar-refractivity contribution is 0.419. The number of rotatable bonds is 3. The highest BCUT2D eigenvalue weighted by atomic mass is 35.5. The third kappa shape index (κ3) is 2.20. The number of phenolic OH excluding ortho intramolecular Hbond substituents is 1. The van der Waals surface area contributed by atoms with Crippen LogP contribution in [0.25, 0.3) is 0 Å². The van der Waals surface area contributed by atoms with Crippen LogP contribution in [-0.4, -0.2) is 5.11 Å². The number of aromatic hydroxyl groups is 1. The molecule has 0 fully saturated rings. The van der Waals surface area contributed by atoms with Gasteiger partial charge in [0.05, 0.1) is 5.02 Å². The van der Waals surface area contributed by atoms with E-state index in [0.29, 0.717) is 10.9 Å². The lowest BCUT2D eigenvalue weighted by Gasteiger charge is -2.19. The van der Waals surface area contributed by atoms with Gasteiger partial charge in [0, 0.05) is 11.6 Å². The van der Waals surface area contributed by atoms with Gasteiger partial charge in [-0.1, -0.05) is 44.0 Å². The Morgan fingerprint density at radius 2 is 2.14 bits per heavy atom. The molecule has 0 aromatic heterocycles. The topological polar surface area (TPSA) is 46.2 Å². The Hall–Kier alpha value is -0.730. The summed E-state index contributed by atoms with van der Waals surface area (Å²) in [6, 6.07) is 5.13. The van der Waals surface area contributed by atoms with Gasteiger partial charge in [0.2, 0.25) is 0 Å². The van der Waals surface area contributed by atoms with Crippen LogP contribution >= 0.6 is 11.6 Å². The van der Waals surface area contributed by atoms with Gasteiger partial charge in [-0.3, -0.25) is 0 Å². The summed E-state index contributed by atoms with van der Waals surface area (Å²) in [4.78, 5) is 0. The van der Waals surface area contributed by atoms with E-state index < -0.39 is 0 Å². The highest BCUT2D eigenvalue weighted by Gasteiger charge is 2.17. The maximum absolute atomic E-state index is 9.70. The molecule has 0 amide bonds. The second kappa shape index (κ2) is 4.67. The monoisotopic (exact) mass is 213 g/mol. The Bertz CT molecular complexity index is 314. The van der Waals surface area contributed by atoms with Crippen LogP contribution in [0.3, 0.4) is 0 Å². The van der Waals surface area contributed by atoms with E-state index >= 15 is 0 Å². The molecule has 0 saturated heterocycles. The van der Waals surface area contributed by atoms with Gasteiger partial charge < -0.3 is 10.8 Å². The molecule has 0 aliphatic heterocycles. The van der Waals surface area contributed by atoms with Crippen LogP contribution in [0.5, 0.6) is 5.75 Å². The first-order chi connectivity index (χ1) is 6.57. The standard InChI is InChI=1S/C11H16ClNO/c1-3-7(2)10(13)8-5-4-6-9(12)11(8)14/h4-7,10,14H,3,13H2,1-2H3/t7?,10-/m1/s1. The summed E-state index contributed by atoms with van der Waals surface area (Å²) < 4.78 is 0. The van der Waals surface area contributed by atoms with Crippen LogP contribution in [0.1, 0.15) is 31.9 Å². The first-order valence-electron chi connectivity index (χ1n) is 4.80. The normalized spacial score (nSPS) is 15.1. The van der Waals surface area contributed by atoms with Crippen LogP contribution in [0.15, 0.2) is 18.2 Å². The maximum atomic E-state index is 9.70. The zero-order valence-corrected chi connectivity index (χ0v) is 9.25. The second-order valence-electron chi connectivity index (χ2n) is 3.59. The largest absolute Gasteiger partial charge is 0.506 e. The highest BCUT2D eigenvalue weighted by Crippen LogP contribution is 2.33. The van der Waals surface area contributed by atoms with Crippen molar-refractivity contribution >= 4 is 11.6 Å². The van der Waals surface area contributed by atoms with Crippen molar-refractivity contribution in [3.63, 3.8) is 0 Å². The van der Waals surface area contributed by atoms with Gasteiger partial charge in [0.15, 0.2) is 0 Å². The Morgan fingerprint density at radius 1 is 1.50 bits per heavy atom. The lowest BCUT2D eigenvalue weighted by atomic mass is 9.93. The molecule has 0 radical (unpaired) electrons.